The predicted octanol–water partition coefficient (Wildman–Crippen LogP) is 6.80. The fourth-order valence-corrected chi connectivity index (χ4v) is 6.54. The Morgan fingerprint density at radius 2 is 1.14 bits per heavy atom. The topological polar surface area (TPSA) is 82.1 Å². The number of aliphatic hydroxyl groups is 1. The number of aliphatic hydroxyl groups excluding tert-OH is 1. The van der Waals surface area contributed by atoms with Gasteiger partial charge in [-0.1, -0.05) is 140 Å². The molecule has 2 N–H and O–H groups in total. The first-order chi connectivity index (χ1) is 24.0. The van der Waals surface area contributed by atoms with Crippen molar-refractivity contribution >= 4 is 17.7 Å². The molecule has 0 saturated carbocycles. The lowest BCUT2D eigenvalue weighted by Gasteiger charge is -2.37. The first kappa shape index (κ1) is 33.7. The van der Waals surface area contributed by atoms with Crippen LogP contribution in [0, 0.1) is 0 Å². The van der Waals surface area contributed by atoms with E-state index < -0.39 is 24.3 Å². The van der Waals surface area contributed by atoms with Gasteiger partial charge in [-0.2, -0.15) is 0 Å². The molecule has 5 aromatic rings. The second-order valence-corrected chi connectivity index (χ2v) is 12.7. The Morgan fingerprint density at radius 1 is 0.694 bits per heavy atom. The highest BCUT2D eigenvalue weighted by Crippen LogP contribution is 2.24. The number of carbonyl (C=O) groups excluding carboxylic acids is 2. The lowest BCUT2D eigenvalue weighted by Crippen LogP contribution is -2.50. The van der Waals surface area contributed by atoms with E-state index in [0.717, 1.165) is 22.3 Å². The fraction of sp³-hybridized carbons (Fsp3) is 0.238. The third-order valence-corrected chi connectivity index (χ3v) is 9.03. The van der Waals surface area contributed by atoms with E-state index in [-0.39, 0.29) is 18.5 Å². The van der Waals surface area contributed by atoms with Gasteiger partial charge in [0.25, 0.3) is 5.91 Å². The van der Waals surface area contributed by atoms with E-state index in [2.05, 4.69) is 46.6 Å². The second-order valence-electron chi connectivity index (χ2n) is 12.7. The zero-order chi connectivity index (χ0) is 33.8. The normalized spacial score (nSPS) is 16.2. The van der Waals surface area contributed by atoms with Gasteiger partial charge in [-0.3, -0.25) is 14.6 Å². The van der Waals surface area contributed by atoms with Gasteiger partial charge in [-0.05, 0) is 53.6 Å². The smallest absolute Gasteiger partial charge is 0.415 e. The van der Waals surface area contributed by atoms with E-state index in [4.69, 9.17) is 4.74 Å². The Balaban J connectivity index is 1.26. The van der Waals surface area contributed by atoms with Crippen LogP contribution in [0.3, 0.4) is 0 Å². The third-order valence-electron chi connectivity index (χ3n) is 9.03. The van der Waals surface area contributed by atoms with Crippen LogP contribution in [0.15, 0.2) is 152 Å². The van der Waals surface area contributed by atoms with Gasteiger partial charge in [-0.25, -0.2) is 4.79 Å². The predicted molar refractivity (Wildman–Crippen MR) is 193 cm³/mol. The summed E-state index contributed by atoms with van der Waals surface area (Å²) in [6.07, 6.45) is -0.862. The second kappa shape index (κ2) is 16.7. The number of ether oxygens (including phenoxy) is 1. The number of nitrogens with one attached hydrogen (secondary N) is 1. The number of hydrogen-bond donors (Lipinski definition) is 2. The zero-order valence-corrected chi connectivity index (χ0v) is 27.6. The molecule has 5 aromatic carbocycles. The molecule has 2 amide bonds. The molecule has 250 valence electrons. The van der Waals surface area contributed by atoms with E-state index >= 15 is 0 Å². The fourth-order valence-electron chi connectivity index (χ4n) is 6.54. The minimum absolute atomic E-state index is 0.119. The number of benzene rings is 5. The Labute approximate surface area is 288 Å². The summed E-state index contributed by atoms with van der Waals surface area (Å²) in [5, 5.41) is 15.4. The summed E-state index contributed by atoms with van der Waals surface area (Å²) in [6, 6.07) is 49.4. The van der Waals surface area contributed by atoms with Crippen molar-refractivity contribution in [3.05, 3.63) is 174 Å². The van der Waals surface area contributed by atoms with E-state index in [9.17, 15) is 14.7 Å². The number of carbonyl (C=O) groups is 2. The molecule has 1 fully saturated rings. The summed E-state index contributed by atoms with van der Waals surface area (Å²) in [7, 11) is 0. The van der Waals surface area contributed by atoms with Gasteiger partial charge >= 0.3 is 6.09 Å². The van der Waals surface area contributed by atoms with Gasteiger partial charge in [0.1, 0.15) is 0 Å². The number of anilines is 1. The minimum atomic E-state index is -0.962. The lowest BCUT2D eigenvalue weighted by atomic mass is 9.91. The highest BCUT2D eigenvalue weighted by atomic mass is 16.6. The Morgan fingerprint density at radius 3 is 1.65 bits per heavy atom. The molecular weight excluding hydrogens is 610 g/mol. The molecule has 0 spiro atoms. The number of amides is 2. The first-order valence-electron chi connectivity index (χ1n) is 16.9. The SMILES string of the molecule is O=C(N[C@@H](Cc1ccccc1)C[C@H](O)[C@H](Cc1ccccc1)N(Cc1ccccc1)Cc1ccccc1)[C@@H]1CN(c2ccccc2)C(=O)O1. The number of nitrogens with zero attached hydrogens (tertiary/aromatic N) is 2. The molecule has 1 aliphatic heterocycles. The lowest BCUT2D eigenvalue weighted by molar-refractivity contribution is -0.128. The molecule has 1 saturated heterocycles. The molecule has 1 heterocycles. The molecule has 0 unspecified atom stereocenters. The first-order valence-corrected chi connectivity index (χ1v) is 16.9. The van der Waals surface area contributed by atoms with Crippen molar-refractivity contribution in [1.82, 2.24) is 10.2 Å². The molecule has 7 nitrogen and oxygen atoms in total. The summed E-state index contributed by atoms with van der Waals surface area (Å²) in [5.41, 5.74) is 5.16. The molecule has 0 aliphatic carbocycles. The molecule has 0 bridgehead atoms. The molecule has 49 heavy (non-hydrogen) atoms. The van der Waals surface area contributed by atoms with Crippen LogP contribution in [-0.4, -0.2) is 52.8 Å². The highest BCUT2D eigenvalue weighted by molar-refractivity contribution is 5.95. The van der Waals surface area contributed by atoms with Crippen LogP contribution < -0.4 is 10.2 Å². The molecule has 1 aliphatic rings. The van der Waals surface area contributed by atoms with E-state index in [1.807, 2.05) is 115 Å². The van der Waals surface area contributed by atoms with Gasteiger partial charge in [0.15, 0.2) is 6.10 Å². The number of cyclic esters (lactones) is 1. The van der Waals surface area contributed by atoms with E-state index in [1.54, 1.807) is 0 Å². The van der Waals surface area contributed by atoms with Crippen LogP contribution in [0.2, 0.25) is 0 Å². The summed E-state index contributed by atoms with van der Waals surface area (Å²) >= 11 is 0. The molecule has 0 radical (unpaired) electrons. The van der Waals surface area contributed by atoms with Crippen molar-refractivity contribution in [3.63, 3.8) is 0 Å². The summed E-state index contributed by atoms with van der Waals surface area (Å²) in [6.45, 7) is 1.41. The zero-order valence-electron chi connectivity index (χ0n) is 27.6. The van der Waals surface area contributed by atoms with Gasteiger partial charge in [0, 0.05) is 30.9 Å². The van der Waals surface area contributed by atoms with Crippen molar-refractivity contribution in [2.45, 2.75) is 56.6 Å². The van der Waals surface area contributed by atoms with Gasteiger partial charge in [0.2, 0.25) is 0 Å². The summed E-state index contributed by atoms with van der Waals surface area (Å²) in [4.78, 5) is 30.3. The Bertz CT molecular complexity index is 1700. The third kappa shape index (κ3) is 9.44. The molecule has 0 aromatic heterocycles. The van der Waals surface area contributed by atoms with Crippen molar-refractivity contribution < 1.29 is 19.4 Å². The maximum Gasteiger partial charge on any atom is 0.415 e. The monoisotopic (exact) mass is 653 g/mol. The summed E-state index contributed by atoms with van der Waals surface area (Å²) < 4.78 is 5.55. The van der Waals surface area contributed by atoms with Crippen LogP contribution >= 0.6 is 0 Å². The molecular formula is C42H43N3O4. The van der Waals surface area contributed by atoms with Crippen LogP contribution in [0.25, 0.3) is 0 Å². The van der Waals surface area contributed by atoms with Crippen molar-refractivity contribution in [1.29, 1.82) is 0 Å². The number of rotatable bonds is 15. The van der Waals surface area contributed by atoms with Gasteiger partial charge in [0.05, 0.1) is 12.6 Å². The maximum absolute atomic E-state index is 13.7. The molecule has 7 heteroatoms. The van der Waals surface area contributed by atoms with Crippen molar-refractivity contribution in [2.24, 2.45) is 0 Å². The molecule has 6 rings (SSSR count). The van der Waals surface area contributed by atoms with Crippen LogP contribution in [0.1, 0.15) is 28.7 Å². The van der Waals surface area contributed by atoms with Crippen LogP contribution in [0.4, 0.5) is 10.5 Å². The average Bonchev–Trinajstić information content (AvgIpc) is 3.54. The summed E-state index contributed by atoms with van der Waals surface area (Å²) in [5.74, 6) is -0.370. The number of para-hydroxylation sites is 1. The highest BCUT2D eigenvalue weighted by Gasteiger charge is 2.38. The van der Waals surface area contributed by atoms with Gasteiger partial charge in [-0.15, -0.1) is 0 Å². The minimum Gasteiger partial charge on any atom is -0.434 e. The quantitative estimate of drug-likeness (QED) is 0.130. The molecule has 4 atom stereocenters. The standard InChI is InChI=1S/C42H43N3O4/c46-39(38(27-33-18-8-2-9-19-33)44(29-34-20-10-3-11-21-34)30-35-22-12-4-13-23-35)28-36(26-32-16-6-1-7-17-32)43-41(47)40-31-45(42(48)49-40)37-24-14-5-15-25-37/h1-25,36,38-40,46H,26-31H2,(H,43,47)/t36-,38-,39-,40-/m0/s1. The van der Waals surface area contributed by atoms with Crippen molar-refractivity contribution in [3.8, 4) is 0 Å². The Kier molecular flexibility index (Phi) is 11.5. The average molecular weight is 654 g/mol. The number of hydrogen-bond acceptors (Lipinski definition) is 5. The van der Waals surface area contributed by atoms with E-state index in [1.165, 1.54) is 4.90 Å². The van der Waals surface area contributed by atoms with Crippen molar-refractivity contribution in [2.75, 3.05) is 11.4 Å². The maximum atomic E-state index is 13.7. The van der Waals surface area contributed by atoms with Crippen LogP contribution in [0.5, 0.6) is 0 Å². The Hall–Kier alpha value is -5.24. The largest absolute Gasteiger partial charge is 0.434 e. The van der Waals surface area contributed by atoms with Crippen LogP contribution in [-0.2, 0) is 35.5 Å². The van der Waals surface area contributed by atoms with E-state index in [0.29, 0.717) is 38.0 Å². The van der Waals surface area contributed by atoms with Gasteiger partial charge < -0.3 is 15.2 Å².